The summed E-state index contributed by atoms with van der Waals surface area (Å²) in [5.74, 6) is 0. The fourth-order valence-electron chi connectivity index (χ4n) is 2.59. The Labute approximate surface area is 160 Å². The van der Waals surface area contributed by atoms with Gasteiger partial charge in [-0.3, -0.25) is 4.98 Å². The van der Waals surface area contributed by atoms with Crippen molar-refractivity contribution in [3.63, 3.8) is 0 Å². The largest absolute Gasteiger partial charge is 0.385 e. The third-order valence-corrected chi connectivity index (χ3v) is 4.68. The van der Waals surface area contributed by atoms with Gasteiger partial charge in [-0.15, -0.1) is 0 Å². The zero-order valence-corrected chi connectivity index (χ0v) is 16.4. The van der Waals surface area contributed by atoms with E-state index in [0.717, 1.165) is 24.2 Å². The van der Waals surface area contributed by atoms with Crippen LogP contribution in [-0.2, 0) is 4.74 Å². The van der Waals surface area contributed by atoms with Crippen molar-refractivity contribution in [2.75, 3.05) is 25.6 Å². The van der Waals surface area contributed by atoms with Crippen LogP contribution in [0.15, 0.2) is 42.7 Å². The Balaban J connectivity index is 2.18. The maximum Gasteiger partial charge on any atom is 0.173 e. The highest BCUT2D eigenvalue weighted by Gasteiger charge is 2.19. The number of aromatic nitrogens is 1. The molecule has 0 radical (unpaired) electrons. The molecule has 4 nitrogen and oxygen atoms in total. The molecule has 134 valence electrons. The lowest BCUT2D eigenvalue weighted by Gasteiger charge is -2.32. The molecule has 0 aliphatic rings. The van der Waals surface area contributed by atoms with E-state index in [1.54, 1.807) is 19.5 Å². The predicted octanol–water partition coefficient (Wildman–Crippen LogP) is 4.84. The van der Waals surface area contributed by atoms with E-state index in [9.17, 15) is 0 Å². The first-order chi connectivity index (χ1) is 12.0. The fraction of sp³-hybridized carbons (Fsp3) is 0.368. The molecular formula is C19H24ClN3OS. The first-order valence-corrected chi connectivity index (χ1v) is 9.04. The zero-order chi connectivity index (χ0) is 18.2. The summed E-state index contributed by atoms with van der Waals surface area (Å²) in [7, 11) is 1.71. The number of thiocarbonyl (C=S) groups is 1. The van der Waals surface area contributed by atoms with Crippen molar-refractivity contribution in [3.8, 4) is 0 Å². The van der Waals surface area contributed by atoms with Gasteiger partial charge in [0, 0.05) is 43.4 Å². The molecule has 0 fully saturated rings. The molecular weight excluding hydrogens is 354 g/mol. The van der Waals surface area contributed by atoms with Gasteiger partial charge in [-0.1, -0.05) is 17.7 Å². The van der Waals surface area contributed by atoms with Crippen molar-refractivity contribution in [2.45, 2.75) is 26.3 Å². The average Bonchev–Trinajstić information content (AvgIpc) is 2.62. The Morgan fingerprint density at radius 2 is 2.04 bits per heavy atom. The Morgan fingerprint density at radius 3 is 2.72 bits per heavy atom. The molecule has 2 rings (SSSR count). The maximum atomic E-state index is 6.12. The summed E-state index contributed by atoms with van der Waals surface area (Å²) in [6.45, 7) is 5.66. The summed E-state index contributed by atoms with van der Waals surface area (Å²) >= 11 is 11.8. The SMILES string of the molecule is COCCCN(C(=S)Nc1cc(Cl)ccc1C)[C@H](C)c1ccncc1. The number of hydrogen-bond acceptors (Lipinski definition) is 3. The fourth-order valence-corrected chi connectivity index (χ4v) is 3.12. The summed E-state index contributed by atoms with van der Waals surface area (Å²) < 4.78 is 5.19. The van der Waals surface area contributed by atoms with Crippen molar-refractivity contribution >= 4 is 34.6 Å². The van der Waals surface area contributed by atoms with Crippen LogP contribution in [0.2, 0.25) is 5.02 Å². The van der Waals surface area contributed by atoms with E-state index in [4.69, 9.17) is 28.6 Å². The van der Waals surface area contributed by atoms with Gasteiger partial charge < -0.3 is 15.0 Å². The molecule has 1 N–H and O–H groups in total. The maximum absolute atomic E-state index is 6.12. The second-order valence-corrected chi connectivity index (χ2v) is 6.71. The molecule has 0 saturated carbocycles. The molecule has 25 heavy (non-hydrogen) atoms. The van der Waals surface area contributed by atoms with Crippen molar-refractivity contribution in [2.24, 2.45) is 0 Å². The first kappa shape index (κ1) is 19.6. The molecule has 1 heterocycles. The van der Waals surface area contributed by atoms with Gasteiger partial charge in [0.1, 0.15) is 0 Å². The minimum atomic E-state index is 0.124. The van der Waals surface area contributed by atoms with Gasteiger partial charge in [0.05, 0.1) is 6.04 Å². The van der Waals surface area contributed by atoms with Crippen LogP contribution >= 0.6 is 23.8 Å². The number of methoxy groups -OCH3 is 1. The minimum absolute atomic E-state index is 0.124. The number of nitrogens with one attached hydrogen (secondary N) is 1. The lowest BCUT2D eigenvalue weighted by molar-refractivity contribution is 0.181. The van der Waals surface area contributed by atoms with E-state index in [-0.39, 0.29) is 6.04 Å². The monoisotopic (exact) mass is 377 g/mol. The molecule has 1 aromatic carbocycles. The molecule has 0 unspecified atom stereocenters. The molecule has 1 aromatic heterocycles. The van der Waals surface area contributed by atoms with Crippen LogP contribution in [0.4, 0.5) is 5.69 Å². The number of pyridine rings is 1. The van der Waals surface area contributed by atoms with E-state index < -0.39 is 0 Å². The summed E-state index contributed by atoms with van der Waals surface area (Å²) in [6.07, 6.45) is 4.50. The molecule has 0 aliphatic heterocycles. The Hall–Kier alpha value is -1.69. The standard InChI is InChI=1S/C19H24ClN3OS/c1-14-5-6-17(20)13-18(14)22-19(25)23(11-4-12-24-3)15(2)16-7-9-21-10-8-16/h5-10,13,15H,4,11-12H2,1-3H3,(H,22,25)/t15-/m1/s1. The molecule has 1 atom stereocenters. The van der Waals surface area contributed by atoms with Crippen molar-refractivity contribution in [1.82, 2.24) is 9.88 Å². The predicted molar refractivity (Wildman–Crippen MR) is 108 cm³/mol. The van der Waals surface area contributed by atoms with Gasteiger partial charge >= 0.3 is 0 Å². The van der Waals surface area contributed by atoms with E-state index in [2.05, 4.69) is 22.1 Å². The van der Waals surface area contributed by atoms with Gasteiger partial charge in [-0.2, -0.15) is 0 Å². The Kier molecular flexibility index (Phi) is 7.62. The number of nitrogens with zero attached hydrogens (tertiary/aromatic N) is 2. The normalized spacial score (nSPS) is 11.8. The molecule has 0 aliphatic carbocycles. The number of hydrogen-bond donors (Lipinski definition) is 1. The van der Waals surface area contributed by atoms with E-state index in [0.29, 0.717) is 16.7 Å². The number of anilines is 1. The lowest BCUT2D eigenvalue weighted by atomic mass is 10.1. The molecule has 0 spiro atoms. The number of rotatable bonds is 7. The highest BCUT2D eigenvalue weighted by Crippen LogP contribution is 2.24. The van der Waals surface area contributed by atoms with Gasteiger partial charge in [-0.25, -0.2) is 0 Å². The van der Waals surface area contributed by atoms with E-state index in [1.165, 1.54) is 5.56 Å². The summed E-state index contributed by atoms with van der Waals surface area (Å²) in [5, 5.41) is 4.70. The van der Waals surface area contributed by atoms with Gasteiger partial charge in [0.2, 0.25) is 0 Å². The van der Waals surface area contributed by atoms with Crippen LogP contribution in [0.3, 0.4) is 0 Å². The second-order valence-electron chi connectivity index (χ2n) is 5.89. The van der Waals surface area contributed by atoms with Crippen LogP contribution in [-0.4, -0.2) is 35.3 Å². The zero-order valence-electron chi connectivity index (χ0n) is 14.8. The first-order valence-electron chi connectivity index (χ1n) is 8.25. The van der Waals surface area contributed by atoms with E-state index in [1.807, 2.05) is 37.3 Å². The molecule has 6 heteroatoms. The lowest BCUT2D eigenvalue weighted by Crippen LogP contribution is -2.38. The number of ether oxygens (including phenoxy) is 1. The number of benzene rings is 1. The third-order valence-electron chi connectivity index (χ3n) is 4.11. The van der Waals surface area contributed by atoms with Crippen LogP contribution < -0.4 is 5.32 Å². The molecule has 0 bridgehead atoms. The Morgan fingerprint density at radius 1 is 1.32 bits per heavy atom. The second kappa shape index (κ2) is 9.70. The van der Waals surface area contributed by atoms with Crippen LogP contribution in [0.1, 0.15) is 30.5 Å². The van der Waals surface area contributed by atoms with Gasteiger partial charge in [-0.05, 0) is 67.9 Å². The summed E-state index contributed by atoms with van der Waals surface area (Å²) in [5.41, 5.74) is 3.19. The Bertz CT molecular complexity index is 696. The van der Waals surface area contributed by atoms with Crippen molar-refractivity contribution in [1.29, 1.82) is 0 Å². The molecule has 2 aromatic rings. The van der Waals surface area contributed by atoms with Crippen LogP contribution in [0, 0.1) is 6.92 Å². The summed E-state index contributed by atoms with van der Waals surface area (Å²) in [4.78, 5) is 6.27. The topological polar surface area (TPSA) is 37.4 Å². The van der Waals surface area contributed by atoms with Crippen molar-refractivity contribution < 1.29 is 4.74 Å². The molecule has 0 amide bonds. The van der Waals surface area contributed by atoms with E-state index >= 15 is 0 Å². The quantitative estimate of drug-likeness (QED) is 0.552. The van der Waals surface area contributed by atoms with Crippen molar-refractivity contribution in [3.05, 3.63) is 58.9 Å². The summed E-state index contributed by atoms with van der Waals surface area (Å²) in [6, 6.07) is 9.91. The number of halogens is 1. The average molecular weight is 378 g/mol. The number of aryl methyl sites for hydroxylation is 1. The van der Waals surface area contributed by atoms with Gasteiger partial charge in [0.15, 0.2) is 5.11 Å². The molecule has 0 saturated heterocycles. The third kappa shape index (κ3) is 5.66. The van der Waals surface area contributed by atoms with Crippen LogP contribution in [0.25, 0.3) is 0 Å². The van der Waals surface area contributed by atoms with Gasteiger partial charge in [0.25, 0.3) is 0 Å². The highest BCUT2D eigenvalue weighted by atomic mass is 35.5. The highest BCUT2D eigenvalue weighted by molar-refractivity contribution is 7.80. The minimum Gasteiger partial charge on any atom is -0.385 e. The van der Waals surface area contributed by atoms with Crippen LogP contribution in [0.5, 0.6) is 0 Å². The smallest absolute Gasteiger partial charge is 0.173 e.